The van der Waals surface area contributed by atoms with Gasteiger partial charge in [-0.15, -0.1) is 0 Å². The highest BCUT2D eigenvalue weighted by atomic mass is 32.2. The molecule has 0 aliphatic heterocycles. The third kappa shape index (κ3) is 4.23. The first kappa shape index (κ1) is 23.0. The summed E-state index contributed by atoms with van der Waals surface area (Å²) in [6, 6.07) is 14.8. The number of benzene rings is 2. The lowest BCUT2D eigenvalue weighted by atomic mass is 9.68. The summed E-state index contributed by atoms with van der Waals surface area (Å²) in [6.45, 7) is 2.25. The SMILES string of the molecule is C[C@]12Cc3cnn(-c4ccc(F)cc4)c3C=C1CC[C@@H]2C[C@H](O)CCS(=O)(=O)c1ccccc1. The summed E-state index contributed by atoms with van der Waals surface area (Å²) in [6.07, 6.45) is 6.99. The largest absolute Gasteiger partial charge is 0.393 e. The van der Waals surface area contributed by atoms with Gasteiger partial charge < -0.3 is 5.11 Å². The van der Waals surface area contributed by atoms with Gasteiger partial charge >= 0.3 is 0 Å². The quantitative estimate of drug-likeness (QED) is 0.518. The van der Waals surface area contributed by atoms with Gasteiger partial charge in [0.15, 0.2) is 9.84 Å². The molecule has 1 fully saturated rings. The van der Waals surface area contributed by atoms with Crippen molar-refractivity contribution in [1.82, 2.24) is 9.78 Å². The van der Waals surface area contributed by atoms with E-state index in [1.54, 1.807) is 42.5 Å². The maximum atomic E-state index is 13.4. The molecular weight excluding hydrogens is 451 g/mol. The molecule has 178 valence electrons. The van der Waals surface area contributed by atoms with Gasteiger partial charge in [0.05, 0.1) is 34.3 Å². The minimum atomic E-state index is -3.40. The fourth-order valence-electron chi connectivity index (χ4n) is 5.58. The third-order valence-electron chi connectivity index (χ3n) is 7.60. The Morgan fingerprint density at radius 2 is 1.91 bits per heavy atom. The molecule has 1 aromatic heterocycles. The first-order valence-electron chi connectivity index (χ1n) is 11.8. The molecule has 0 spiro atoms. The number of aliphatic hydroxyl groups excluding tert-OH is 1. The number of halogens is 1. The monoisotopic (exact) mass is 480 g/mol. The van der Waals surface area contributed by atoms with E-state index in [-0.39, 0.29) is 29.3 Å². The minimum Gasteiger partial charge on any atom is -0.393 e. The minimum absolute atomic E-state index is 0.0566. The molecule has 2 aliphatic carbocycles. The summed E-state index contributed by atoms with van der Waals surface area (Å²) in [5.74, 6) is -0.0567. The normalized spacial score (nSPS) is 22.7. The van der Waals surface area contributed by atoms with Gasteiger partial charge in [-0.3, -0.25) is 0 Å². The van der Waals surface area contributed by atoms with Crippen molar-refractivity contribution in [3.8, 4) is 5.69 Å². The summed E-state index contributed by atoms with van der Waals surface area (Å²) in [7, 11) is -3.40. The molecule has 0 bridgehead atoms. The Kier molecular flexibility index (Phi) is 5.94. The van der Waals surface area contributed by atoms with Crippen molar-refractivity contribution in [1.29, 1.82) is 0 Å². The second-order valence-electron chi connectivity index (χ2n) is 9.75. The van der Waals surface area contributed by atoms with Crippen LogP contribution in [0.3, 0.4) is 0 Å². The van der Waals surface area contributed by atoms with Crippen LogP contribution in [-0.4, -0.2) is 35.2 Å². The zero-order chi connectivity index (χ0) is 23.9. The van der Waals surface area contributed by atoms with E-state index in [1.807, 2.05) is 10.9 Å². The molecule has 5 rings (SSSR count). The number of aromatic nitrogens is 2. The predicted octanol–water partition coefficient (Wildman–Crippen LogP) is 4.98. The molecule has 3 atom stereocenters. The number of hydrogen-bond acceptors (Lipinski definition) is 4. The molecule has 5 nitrogen and oxygen atoms in total. The third-order valence-corrected chi connectivity index (χ3v) is 9.37. The number of nitrogens with zero attached hydrogens (tertiary/aromatic N) is 2. The van der Waals surface area contributed by atoms with Crippen molar-refractivity contribution in [3.63, 3.8) is 0 Å². The number of allylic oxidation sites excluding steroid dienone is 1. The second-order valence-corrected chi connectivity index (χ2v) is 11.9. The lowest BCUT2D eigenvalue weighted by Gasteiger charge is -2.37. The molecule has 0 radical (unpaired) electrons. The highest BCUT2D eigenvalue weighted by molar-refractivity contribution is 7.91. The molecule has 34 heavy (non-hydrogen) atoms. The van der Waals surface area contributed by atoms with Gasteiger partial charge in [-0.25, -0.2) is 17.5 Å². The molecule has 1 N–H and O–H groups in total. The zero-order valence-electron chi connectivity index (χ0n) is 19.2. The Bertz CT molecular complexity index is 1320. The van der Waals surface area contributed by atoms with Crippen LogP contribution in [-0.2, 0) is 16.3 Å². The first-order chi connectivity index (χ1) is 16.3. The Labute approximate surface area is 199 Å². The average Bonchev–Trinajstić information content (AvgIpc) is 3.37. The van der Waals surface area contributed by atoms with Gasteiger partial charge in [0.1, 0.15) is 5.82 Å². The van der Waals surface area contributed by atoms with Crippen LogP contribution >= 0.6 is 0 Å². The first-order valence-corrected chi connectivity index (χ1v) is 13.4. The van der Waals surface area contributed by atoms with Gasteiger partial charge in [-0.05, 0) is 91.5 Å². The Hall–Kier alpha value is -2.77. The molecule has 0 amide bonds. The van der Waals surface area contributed by atoms with Crippen molar-refractivity contribution in [3.05, 3.63) is 83.4 Å². The number of hydrogen-bond donors (Lipinski definition) is 1. The highest BCUT2D eigenvalue weighted by Crippen LogP contribution is 2.54. The van der Waals surface area contributed by atoms with Crippen LogP contribution in [0.4, 0.5) is 4.39 Å². The van der Waals surface area contributed by atoms with E-state index in [1.165, 1.54) is 17.7 Å². The van der Waals surface area contributed by atoms with Crippen molar-refractivity contribution in [2.75, 3.05) is 5.75 Å². The summed E-state index contributed by atoms with van der Waals surface area (Å²) in [5, 5.41) is 15.3. The molecule has 3 aromatic rings. The van der Waals surface area contributed by atoms with Gasteiger partial charge in [0, 0.05) is 0 Å². The summed E-state index contributed by atoms with van der Waals surface area (Å²) in [5.41, 5.74) is 4.27. The second kappa shape index (κ2) is 8.78. The Morgan fingerprint density at radius 3 is 2.65 bits per heavy atom. The van der Waals surface area contributed by atoms with Crippen LogP contribution in [0.1, 0.15) is 43.9 Å². The molecule has 0 saturated heterocycles. The fraction of sp³-hybridized carbons (Fsp3) is 0.370. The predicted molar refractivity (Wildman–Crippen MR) is 130 cm³/mol. The molecule has 0 unspecified atom stereocenters. The van der Waals surface area contributed by atoms with Crippen molar-refractivity contribution >= 4 is 15.9 Å². The number of fused-ring (bicyclic) bond motifs is 2. The Balaban J connectivity index is 1.29. The lowest BCUT2D eigenvalue weighted by Crippen LogP contribution is -2.31. The van der Waals surface area contributed by atoms with Gasteiger partial charge in [0.2, 0.25) is 0 Å². The van der Waals surface area contributed by atoms with Crippen LogP contribution < -0.4 is 0 Å². The van der Waals surface area contributed by atoms with Crippen LogP contribution in [0.5, 0.6) is 0 Å². The van der Waals surface area contributed by atoms with Crippen molar-refractivity contribution in [2.45, 2.75) is 50.0 Å². The van der Waals surface area contributed by atoms with E-state index in [4.69, 9.17) is 0 Å². The smallest absolute Gasteiger partial charge is 0.178 e. The van der Waals surface area contributed by atoms with E-state index in [2.05, 4.69) is 18.1 Å². The summed E-state index contributed by atoms with van der Waals surface area (Å²) in [4.78, 5) is 0.304. The average molecular weight is 481 g/mol. The van der Waals surface area contributed by atoms with E-state index in [0.29, 0.717) is 11.3 Å². The Morgan fingerprint density at radius 1 is 1.18 bits per heavy atom. The van der Waals surface area contributed by atoms with Crippen LogP contribution in [0.15, 0.2) is 71.3 Å². The standard InChI is InChI=1S/C27H29FN2O3S/c1-27-17-19-18-29-30(23-11-9-22(28)10-12-23)26(19)16-21(27)8-7-20(27)15-24(31)13-14-34(32,33)25-5-3-2-4-6-25/h2-6,9-12,16,18,20,24,31H,7-8,13-15,17H2,1H3/t20-,24-,27-/m1/s1. The van der Waals surface area contributed by atoms with Crippen LogP contribution in [0.2, 0.25) is 0 Å². The summed E-state index contributed by atoms with van der Waals surface area (Å²) < 4.78 is 40.4. The van der Waals surface area contributed by atoms with Crippen molar-refractivity contribution < 1.29 is 17.9 Å². The van der Waals surface area contributed by atoms with E-state index in [9.17, 15) is 17.9 Å². The maximum Gasteiger partial charge on any atom is 0.178 e. The molecule has 2 aromatic carbocycles. The fourth-order valence-corrected chi connectivity index (χ4v) is 6.97. The van der Waals surface area contributed by atoms with Gasteiger partial charge in [0.25, 0.3) is 0 Å². The molecular formula is C27H29FN2O3S. The number of rotatable bonds is 7. The lowest BCUT2D eigenvalue weighted by molar-refractivity contribution is 0.109. The zero-order valence-corrected chi connectivity index (χ0v) is 20.0. The number of sulfone groups is 1. The van der Waals surface area contributed by atoms with E-state index >= 15 is 0 Å². The van der Waals surface area contributed by atoms with Crippen molar-refractivity contribution in [2.24, 2.45) is 11.3 Å². The summed E-state index contributed by atoms with van der Waals surface area (Å²) >= 11 is 0. The van der Waals surface area contributed by atoms with E-state index < -0.39 is 15.9 Å². The topological polar surface area (TPSA) is 72.2 Å². The van der Waals surface area contributed by atoms with Gasteiger partial charge in [-0.1, -0.05) is 30.7 Å². The number of aliphatic hydroxyl groups is 1. The molecule has 1 saturated carbocycles. The molecule has 1 heterocycles. The van der Waals surface area contributed by atoms with Crippen LogP contribution in [0.25, 0.3) is 11.8 Å². The molecule has 2 aliphatic rings. The van der Waals surface area contributed by atoms with Gasteiger partial charge in [-0.2, -0.15) is 5.10 Å². The molecule has 7 heteroatoms. The highest BCUT2D eigenvalue weighted by Gasteiger charge is 2.46. The van der Waals surface area contributed by atoms with Crippen LogP contribution in [0, 0.1) is 17.2 Å². The van der Waals surface area contributed by atoms with E-state index in [0.717, 1.165) is 36.2 Å². The maximum absolute atomic E-state index is 13.4.